The number of hydrogen-bond donors (Lipinski definition) is 1. The van der Waals surface area contributed by atoms with Crippen LogP contribution in [0.25, 0.3) is 5.78 Å². The third-order valence-electron chi connectivity index (χ3n) is 2.98. The Labute approximate surface area is 125 Å². The Morgan fingerprint density at radius 2 is 1.74 bits per heavy atom. The van der Waals surface area contributed by atoms with E-state index in [9.17, 15) is 22.0 Å². The zero-order valence-corrected chi connectivity index (χ0v) is 11.5. The molecule has 5 nitrogen and oxygen atoms in total. The molecular formula is C13H8F5N5. The van der Waals surface area contributed by atoms with E-state index in [0.29, 0.717) is 17.8 Å². The van der Waals surface area contributed by atoms with Crippen LogP contribution >= 0.6 is 0 Å². The van der Waals surface area contributed by atoms with Gasteiger partial charge in [0.2, 0.25) is 0 Å². The van der Waals surface area contributed by atoms with Gasteiger partial charge in [-0.15, -0.1) is 0 Å². The van der Waals surface area contributed by atoms with Crippen LogP contribution < -0.4 is 5.32 Å². The first-order valence-electron chi connectivity index (χ1n) is 6.26. The third kappa shape index (κ3) is 2.79. The zero-order valence-electron chi connectivity index (χ0n) is 11.5. The molecule has 0 amide bonds. The number of hydrogen-bond acceptors (Lipinski definition) is 4. The molecule has 3 aromatic rings. The van der Waals surface area contributed by atoms with Crippen LogP contribution in [0.4, 0.5) is 33.5 Å². The van der Waals surface area contributed by atoms with Gasteiger partial charge in [-0.05, 0) is 19.1 Å². The number of halogens is 5. The van der Waals surface area contributed by atoms with Crippen molar-refractivity contribution in [1.29, 1.82) is 0 Å². The van der Waals surface area contributed by atoms with Crippen molar-refractivity contribution >= 4 is 17.3 Å². The molecule has 3 rings (SSSR count). The van der Waals surface area contributed by atoms with Crippen molar-refractivity contribution in [3.8, 4) is 0 Å². The van der Waals surface area contributed by atoms with Crippen LogP contribution in [0.3, 0.4) is 0 Å². The summed E-state index contributed by atoms with van der Waals surface area (Å²) in [6, 6.07) is 2.63. The number of benzene rings is 1. The van der Waals surface area contributed by atoms with Gasteiger partial charge in [-0.1, -0.05) is 0 Å². The van der Waals surface area contributed by atoms with E-state index < -0.39 is 23.4 Å². The second kappa shape index (κ2) is 5.14. The maximum absolute atomic E-state index is 13.6. The highest BCUT2D eigenvalue weighted by molar-refractivity contribution is 5.59. The minimum atomic E-state index is -5.11. The van der Waals surface area contributed by atoms with Crippen molar-refractivity contribution < 1.29 is 22.0 Å². The van der Waals surface area contributed by atoms with E-state index in [1.54, 1.807) is 6.92 Å². The minimum absolute atomic E-state index is 0.199. The number of nitrogens with zero attached hydrogens (tertiary/aromatic N) is 4. The van der Waals surface area contributed by atoms with Crippen LogP contribution in [0.5, 0.6) is 0 Å². The van der Waals surface area contributed by atoms with Gasteiger partial charge in [0, 0.05) is 17.4 Å². The molecule has 0 aliphatic heterocycles. The number of anilines is 2. The Morgan fingerprint density at radius 1 is 1.09 bits per heavy atom. The summed E-state index contributed by atoms with van der Waals surface area (Å²) < 4.78 is 66.1. The smallest absolute Gasteiger partial charge is 0.340 e. The van der Waals surface area contributed by atoms with Crippen molar-refractivity contribution in [3.63, 3.8) is 0 Å². The fourth-order valence-electron chi connectivity index (χ4n) is 2.08. The standard InChI is InChI=1S/C13H8F5N5/c1-6-2-10(23-12(21-6)19-5-20-23)22-7-3-8(14)11(9(15)4-7)13(16,17)18/h2-5,22H,1H3. The number of aryl methyl sites for hydroxylation is 1. The molecule has 1 N–H and O–H groups in total. The maximum Gasteiger partial charge on any atom is 0.422 e. The van der Waals surface area contributed by atoms with Crippen molar-refractivity contribution in [2.45, 2.75) is 13.1 Å². The monoisotopic (exact) mass is 329 g/mol. The lowest BCUT2D eigenvalue weighted by Gasteiger charge is -2.13. The van der Waals surface area contributed by atoms with Gasteiger partial charge < -0.3 is 5.32 Å². The van der Waals surface area contributed by atoms with E-state index in [4.69, 9.17) is 0 Å². The number of alkyl halides is 3. The maximum atomic E-state index is 13.6. The number of aromatic nitrogens is 4. The molecule has 1 aromatic carbocycles. The van der Waals surface area contributed by atoms with Gasteiger partial charge in [0.25, 0.3) is 5.78 Å². The predicted molar refractivity (Wildman–Crippen MR) is 70.2 cm³/mol. The van der Waals surface area contributed by atoms with Gasteiger partial charge in [0.15, 0.2) is 0 Å². The van der Waals surface area contributed by atoms with Gasteiger partial charge in [-0.25, -0.2) is 13.8 Å². The van der Waals surface area contributed by atoms with Gasteiger partial charge in [0.1, 0.15) is 29.3 Å². The summed E-state index contributed by atoms with van der Waals surface area (Å²) in [5.74, 6) is -2.93. The molecule has 0 spiro atoms. The summed E-state index contributed by atoms with van der Waals surface area (Å²) in [5.41, 5.74) is -1.59. The van der Waals surface area contributed by atoms with E-state index in [1.165, 1.54) is 16.9 Å². The van der Waals surface area contributed by atoms with Gasteiger partial charge in [-0.3, -0.25) is 0 Å². The minimum Gasteiger partial charge on any atom is -0.340 e. The zero-order chi connectivity index (χ0) is 16.8. The van der Waals surface area contributed by atoms with Crippen LogP contribution in [-0.2, 0) is 6.18 Å². The van der Waals surface area contributed by atoms with Crippen molar-refractivity contribution in [1.82, 2.24) is 19.6 Å². The van der Waals surface area contributed by atoms with E-state index >= 15 is 0 Å². The summed E-state index contributed by atoms with van der Waals surface area (Å²) in [4.78, 5) is 7.94. The Bertz CT molecular complexity index is 863. The van der Waals surface area contributed by atoms with Crippen molar-refractivity contribution in [2.24, 2.45) is 0 Å². The quantitative estimate of drug-likeness (QED) is 0.732. The second-order valence-corrected chi connectivity index (χ2v) is 4.69. The lowest BCUT2D eigenvalue weighted by atomic mass is 10.1. The summed E-state index contributed by atoms with van der Waals surface area (Å²) in [6.07, 6.45) is -3.89. The molecule has 10 heteroatoms. The molecule has 0 radical (unpaired) electrons. The molecule has 0 atom stereocenters. The first-order chi connectivity index (χ1) is 10.8. The molecule has 0 fully saturated rings. The number of nitrogens with one attached hydrogen (secondary N) is 1. The van der Waals surface area contributed by atoms with Crippen molar-refractivity contribution in [3.05, 3.63) is 47.4 Å². The topological polar surface area (TPSA) is 55.1 Å². The molecule has 0 aliphatic rings. The average Bonchev–Trinajstić information content (AvgIpc) is 2.83. The fourth-order valence-corrected chi connectivity index (χ4v) is 2.08. The predicted octanol–water partition coefficient (Wildman–Crippen LogP) is 3.47. The second-order valence-electron chi connectivity index (χ2n) is 4.69. The van der Waals surface area contributed by atoms with Crippen LogP contribution in [0.1, 0.15) is 11.3 Å². The van der Waals surface area contributed by atoms with Gasteiger partial charge >= 0.3 is 6.18 Å². The average molecular weight is 329 g/mol. The van der Waals surface area contributed by atoms with Gasteiger partial charge in [-0.2, -0.15) is 27.8 Å². The Hall–Kier alpha value is -2.78. The molecule has 0 aliphatic carbocycles. The lowest BCUT2D eigenvalue weighted by molar-refractivity contribution is -0.142. The van der Waals surface area contributed by atoms with Crippen LogP contribution in [0, 0.1) is 18.6 Å². The Balaban J connectivity index is 2.05. The highest BCUT2D eigenvalue weighted by Gasteiger charge is 2.37. The number of fused-ring (bicyclic) bond motifs is 1. The molecule has 0 unspecified atom stereocenters. The van der Waals surface area contributed by atoms with Crippen LogP contribution in [0.2, 0.25) is 0 Å². The molecule has 2 aromatic heterocycles. The lowest BCUT2D eigenvalue weighted by Crippen LogP contribution is -2.12. The highest BCUT2D eigenvalue weighted by Crippen LogP contribution is 2.35. The Morgan fingerprint density at radius 3 is 2.35 bits per heavy atom. The number of rotatable bonds is 2. The van der Waals surface area contributed by atoms with Crippen LogP contribution in [-0.4, -0.2) is 19.6 Å². The van der Waals surface area contributed by atoms with Crippen molar-refractivity contribution in [2.75, 3.05) is 5.32 Å². The summed E-state index contributed by atoms with van der Waals surface area (Å²) >= 11 is 0. The largest absolute Gasteiger partial charge is 0.422 e. The summed E-state index contributed by atoms with van der Waals surface area (Å²) in [6.45, 7) is 1.66. The molecule has 0 saturated heterocycles. The van der Waals surface area contributed by atoms with Gasteiger partial charge in [0.05, 0.1) is 0 Å². The summed E-state index contributed by atoms with van der Waals surface area (Å²) in [7, 11) is 0. The first-order valence-corrected chi connectivity index (χ1v) is 6.26. The third-order valence-corrected chi connectivity index (χ3v) is 2.98. The molecular weight excluding hydrogens is 321 g/mol. The molecule has 2 heterocycles. The van der Waals surface area contributed by atoms with E-state index in [2.05, 4.69) is 20.4 Å². The molecule has 23 heavy (non-hydrogen) atoms. The molecule has 0 bridgehead atoms. The SMILES string of the molecule is Cc1cc(Nc2cc(F)c(C(F)(F)F)c(F)c2)n2ncnc2n1. The van der Waals surface area contributed by atoms with Crippen LogP contribution in [0.15, 0.2) is 24.5 Å². The fraction of sp³-hybridized carbons (Fsp3) is 0.154. The normalized spacial score (nSPS) is 11.9. The van der Waals surface area contributed by atoms with E-state index in [1.807, 2.05) is 0 Å². The Kier molecular flexibility index (Phi) is 3.38. The summed E-state index contributed by atoms with van der Waals surface area (Å²) in [5, 5.41) is 6.48. The van der Waals surface area contributed by atoms with E-state index in [0.717, 1.165) is 0 Å². The molecule has 120 valence electrons. The van der Waals surface area contributed by atoms with E-state index in [-0.39, 0.29) is 17.3 Å². The highest BCUT2D eigenvalue weighted by atomic mass is 19.4. The first kappa shape index (κ1) is 15.1. The molecule has 0 saturated carbocycles.